The van der Waals surface area contributed by atoms with Crippen molar-refractivity contribution in [2.24, 2.45) is 5.92 Å². The van der Waals surface area contributed by atoms with E-state index >= 15 is 0 Å². The predicted molar refractivity (Wildman–Crippen MR) is 45.2 cm³/mol. The van der Waals surface area contributed by atoms with Crippen LogP contribution in [0.15, 0.2) is 0 Å². The summed E-state index contributed by atoms with van der Waals surface area (Å²) < 4.78 is 0. The van der Waals surface area contributed by atoms with Crippen LogP contribution in [0, 0.1) is 5.92 Å². The Hall–Kier alpha value is -0.530. The fourth-order valence-electron chi connectivity index (χ4n) is 1.11. The van der Waals surface area contributed by atoms with Crippen LogP contribution in [0.2, 0.25) is 0 Å². The van der Waals surface area contributed by atoms with Gasteiger partial charge < -0.3 is 4.90 Å². The van der Waals surface area contributed by atoms with Crippen molar-refractivity contribution in [3.05, 3.63) is 0 Å². The molecule has 0 aromatic heterocycles. The monoisotopic (exact) mass is 155 g/mol. The van der Waals surface area contributed by atoms with Crippen molar-refractivity contribution in [2.45, 2.75) is 39.2 Å². The third-order valence-electron chi connectivity index (χ3n) is 2.53. The molecule has 0 heterocycles. The van der Waals surface area contributed by atoms with Crippen LogP contribution >= 0.6 is 0 Å². The lowest BCUT2D eigenvalue weighted by Crippen LogP contribution is -2.35. The molecule has 1 unspecified atom stereocenters. The zero-order chi connectivity index (χ0) is 8.43. The van der Waals surface area contributed by atoms with Crippen LogP contribution in [0.25, 0.3) is 0 Å². The lowest BCUT2D eigenvalue weighted by atomic mass is 10.2. The molecule has 2 nitrogen and oxygen atoms in total. The highest BCUT2D eigenvalue weighted by molar-refractivity contribution is 5.81. The molecule has 1 amide bonds. The van der Waals surface area contributed by atoms with E-state index in [4.69, 9.17) is 0 Å². The molecule has 2 heteroatoms. The van der Waals surface area contributed by atoms with Crippen molar-refractivity contribution in [1.29, 1.82) is 0 Å². The number of hydrogen-bond acceptors (Lipinski definition) is 1. The molecule has 64 valence electrons. The van der Waals surface area contributed by atoms with Gasteiger partial charge >= 0.3 is 0 Å². The first kappa shape index (κ1) is 8.57. The molecule has 1 saturated carbocycles. The Morgan fingerprint density at radius 1 is 1.64 bits per heavy atom. The van der Waals surface area contributed by atoms with Crippen molar-refractivity contribution >= 4 is 5.91 Å². The highest BCUT2D eigenvalue weighted by Gasteiger charge is 2.32. The minimum Gasteiger partial charge on any atom is -0.343 e. The summed E-state index contributed by atoms with van der Waals surface area (Å²) in [6.07, 6.45) is 3.27. The van der Waals surface area contributed by atoms with Crippen LogP contribution < -0.4 is 0 Å². The fraction of sp³-hybridized carbons (Fsp3) is 0.889. The molecule has 1 atom stereocenters. The summed E-state index contributed by atoms with van der Waals surface area (Å²) in [6.45, 7) is 4.21. The molecular weight excluding hydrogens is 138 g/mol. The number of amides is 1. The number of carbonyl (C=O) groups is 1. The van der Waals surface area contributed by atoms with Gasteiger partial charge in [0.1, 0.15) is 0 Å². The highest BCUT2D eigenvalue weighted by atomic mass is 16.2. The van der Waals surface area contributed by atoms with Crippen LogP contribution in [0.3, 0.4) is 0 Å². The van der Waals surface area contributed by atoms with Gasteiger partial charge in [0.15, 0.2) is 0 Å². The molecule has 11 heavy (non-hydrogen) atoms. The Labute approximate surface area is 68.6 Å². The quantitative estimate of drug-likeness (QED) is 0.607. The Kier molecular flexibility index (Phi) is 2.53. The minimum absolute atomic E-state index is 0.347. The van der Waals surface area contributed by atoms with E-state index in [1.54, 1.807) is 0 Å². The van der Waals surface area contributed by atoms with Gasteiger partial charge in [-0.15, -0.1) is 0 Å². The predicted octanol–water partition coefficient (Wildman–Crippen LogP) is 1.65. The van der Waals surface area contributed by atoms with E-state index in [9.17, 15) is 4.79 Å². The normalized spacial score (nSPS) is 19.5. The summed E-state index contributed by atoms with van der Waals surface area (Å²) in [6, 6.07) is 0.406. The maximum absolute atomic E-state index is 11.4. The first-order valence-corrected chi connectivity index (χ1v) is 4.43. The average Bonchev–Trinajstić information content (AvgIpc) is 2.82. The van der Waals surface area contributed by atoms with Gasteiger partial charge in [-0.05, 0) is 26.2 Å². The first-order valence-electron chi connectivity index (χ1n) is 4.43. The zero-order valence-corrected chi connectivity index (χ0v) is 7.63. The third-order valence-corrected chi connectivity index (χ3v) is 2.53. The second-order valence-electron chi connectivity index (χ2n) is 3.48. The molecule has 1 fully saturated rings. The largest absolute Gasteiger partial charge is 0.343 e. The molecule has 0 aromatic carbocycles. The smallest absolute Gasteiger partial charge is 0.225 e. The summed E-state index contributed by atoms with van der Waals surface area (Å²) in [5, 5.41) is 0. The molecular formula is C9H17NO. The molecule has 1 aliphatic rings. The van der Waals surface area contributed by atoms with Crippen molar-refractivity contribution in [1.82, 2.24) is 4.90 Å². The summed E-state index contributed by atoms with van der Waals surface area (Å²) in [5.74, 6) is 0.716. The van der Waals surface area contributed by atoms with E-state index in [0.717, 1.165) is 19.3 Å². The van der Waals surface area contributed by atoms with Gasteiger partial charge in [0.05, 0.1) is 0 Å². The standard InChI is InChI=1S/C9H17NO/c1-4-7(2)10(3)9(11)8-5-6-8/h7-8H,4-6H2,1-3H3. The van der Waals surface area contributed by atoms with Crippen molar-refractivity contribution in [2.75, 3.05) is 7.05 Å². The van der Waals surface area contributed by atoms with E-state index in [2.05, 4.69) is 13.8 Å². The molecule has 0 bridgehead atoms. The number of carbonyl (C=O) groups excluding carboxylic acids is 1. The Balaban J connectivity index is 2.38. The van der Waals surface area contributed by atoms with E-state index in [1.807, 2.05) is 11.9 Å². The third kappa shape index (κ3) is 1.95. The van der Waals surface area contributed by atoms with Crippen LogP contribution in [-0.4, -0.2) is 23.9 Å². The maximum Gasteiger partial charge on any atom is 0.225 e. The van der Waals surface area contributed by atoms with Crippen molar-refractivity contribution < 1.29 is 4.79 Å². The number of hydrogen-bond donors (Lipinski definition) is 0. The SMILES string of the molecule is CCC(C)N(C)C(=O)C1CC1. The fourth-order valence-corrected chi connectivity index (χ4v) is 1.11. The van der Waals surface area contributed by atoms with E-state index < -0.39 is 0 Å². The summed E-state index contributed by atoms with van der Waals surface area (Å²) >= 11 is 0. The maximum atomic E-state index is 11.4. The van der Waals surface area contributed by atoms with Gasteiger partial charge in [0.25, 0.3) is 0 Å². The molecule has 0 saturated heterocycles. The van der Waals surface area contributed by atoms with Crippen LogP contribution in [0.1, 0.15) is 33.1 Å². The molecule has 0 aromatic rings. The molecule has 0 N–H and O–H groups in total. The Morgan fingerprint density at radius 2 is 2.18 bits per heavy atom. The zero-order valence-electron chi connectivity index (χ0n) is 7.63. The van der Waals surface area contributed by atoms with Crippen LogP contribution in [0.4, 0.5) is 0 Å². The molecule has 1 rings (SSSR count). The lowest BCUT2D eigenvalue weighted by molar-refractivity contribution is -0.133. The van der Waals surface area contributed by atoms with Crippen LogP contribution in [0.5, 0.6) is 0 Å². The van der Waals surface area contributed by atoms with E-state index in [0.29, 0.717) is 17.9 Å². The van der Waals surface area contributed by atoms with Crippen molar-refractivity contribution in [3.8, 4) is 0 Å². The van der Waals surface area contributed by atoms with Gasteiger partial charge in [-0.1, -0.05) is 6.92 Å². The Morgan fingerprint density at radius 3 is 2.55 bits per heavy atom. The van der Waals surface area contributed by atoms with Gasteiger partial charge in [-0.25, -0.2) is 0 Å². The second kappa shape index (κ2) is 3.24. The highest BCUT2D eigenvalue weighted by Crippen LogP contribution is 2.31. The summed E-state index contributed by atoms with van der Waals surface area (Å²) in [4.78, 5) is 13.3. The van der Waals surface area contributed by atoms with Crippen LogP contribution in [-0.2, 0) is 4.79 Å². The van der Waals surface area contributed by atoms with Crippen molar-refractivity contribution in [3.63, 3.8) is 0 Å². The first-order chi connectivity index (χ1) is 5.16. The molecule has 1 aliphatic carbocycles. The van der Waals surface area contributed by atoms with Gasteiger partial charge in [0, 0.05) is 19.0 Å². The number of rotatable bonds is 3. The van der Waals surface area contributed by atoms with Gasteiger partial charge in [0.2, 0.25) is 5.91 Å². The lowest BCUT2D eigenvalue weighted by Gasteiger charge is -2.23. The van der Waals surface area contributed by atoms with Gasteiger partial charge in [-0.3, -0.25) is 4.79 Å². The second-order valence-corrected chi connectivity index (χ2v) is 3.48. The van der Waals surface area contributed by atoms with E-state index in [1.165, 1.54) is 0 Å². The molecule has 0 aliphatic heterocycles. The number of nitrogens with zero attached hydrogens (tertiary/aromatic N) is 1. The van der Waals surface area contributed by atoms with Gasteiger partial charge in [-0.2, -0.15) is 0 Å². The average molecular weight is 155 g/mol. The topological polar surface area (TPSA) is 20.3 Å². The summed E-state index contributed by atoms with van der Waals surface area (Å²) in [7, 11) is 1.91. The minimum atomic E-state index is 0.347. The molecule has 0 radical (unpaired) electrons. The van der Waals surface area contributed by atoms with E-state index in [-0.39, 0.29) is 0 Å². The molecule has 0 spiro atoms. The summed E-state index contributed by atoms with van der Waals surface area (Å²) in [5.41, 5.74) is 0. The Bertz CT molecular complexity index is 152.